The van der Waals surface area contributed by atoms with Gasteiger partial charge in [0.1, 0.15) is 0 Å². The summed E-state index contributed by atoms with van der Waals surface area (Å²) < 4.78 is 96.7. The van der Waals surface area contributed by atoms with E-state index in [-0.39, 0.29) is 11.4 Å². The molecule has 2 aromatic heterocycles. The monoisotopic (exact) mass is 924 g/mol. The Kier molecular flexibility index (Phi) is 10.1. The molecule has 0 saturated heterocycles. The molecule has 0 atom stereocenters. The molecule has 0 saturated carbocycles. The van der Waals surface area contributed by atoms with Crippen molar-refractivity contribution in [1.82, 2.24) is 9.13 Å². The maximum atomic E-state index is 15.6. The van der Waals surface area contributed by atoms with Crippen LogP contribution in [0.4, 0.5) is 26.3 Å². The van der Waals surface area contributed by atoms with Gasteiger partial charge in [-0.25, -0.2) is 0 Å². The van der Waals surface area contributed by atoms with Crippen LogP contribution in [0.2, 0.25) is 0 Å². The molecule has 0 aliphatic heterocycles. The first kappa shape index (κ1) is 42.7. The molecule has 70 heavy (non-hydrogen) atoms. The molecule has 12 aromatic rings. The Bertz CT molecular complexity index is 3490. The summed E-state index contributed by atoms with van der Waals surface area (Å²) in [6, 6.07) is 69.5. The van der Waals surface area contributed by atoms with Crippen LogP contribution >= 0.6 is 0 Å². The number of halogens is 6. The lowest BCUT2D eigenvalue weighted by Gasteiger charge is -2.20. The molecule has 8 heteroatoms. The van der Waals surface area contributed by atoms with Gasteiger partial charge in [0.15, 0.2) is 0 Å². The van der Waals surface area contributed by atoms with Gasteiger partial charge in [0.2, 0.25) is 0 Å². The summed E-state index contributed by atoms with van der Waals surface area (Å²) in [4.78, 5) is 0. The minimum atomic E-state index is -4.80. The van der Waals surface area contributed by atoms with E-state index in [2.05, 4.69) is 0 Å². The fourth-order valence-electron chi connectivity index (χ4n) is 10.1. The summed E-state index contributed by atoms with van der Waals surface area (Å²) in [6.45, 7) is 0. The van der Waals surface area contributed by atoms with Gasteiger partial charge >= 0.3 is 12.4 Å². The number of nitrogens with zero attached hydrogens (tertiary/aromatic N) is 2. The third-order valence-corrected chi connectivity index (χ3v) is 13.4. The average molecular weight is 925 g/mol. The van der Waals surface area contributed by atoms with Gasteiger partial charge in [0, 0.05) is 21.5 Å². The maximum Gasteiger partial charge on any atom is 0.418 e. The van der Waals surface area contributed by atoms with Gasteiger partial charge in [-0.15, -0.1) is 0 Å². The van der Waals surface area contributed by atoms with Crippen molar-refractivity contribution in [2.75, 3.05) is 0 Å². The van der Waals surface area contributed by atoms with Crippen molar-refractivity contribution in [3.05, 3.63) is 242 Å². The van der Waals surface area contributed by atoms with Crippen molar-refractivity contribution >= 4 is 43.6 Å². The third-order valence-electron chi connectivity index (χ3n) is 13.4. The summed E-state index contributed by atoms with van der Waals surface area (Å²) in [5.74, 6) is 0. The summed E-state index contributed by atoms with van der Waals surface area (Å²) >= 11 is 0. The summed E-state index contributed by atoms with van der Waals surface area (Å²) in [7, 11) is 0. The molecular weight excluding hydrogens is 887 g/mol. The number of hydrogen-bond donors (Lipinski definition) is 0. The Balaban J connectivity index is 1.13. The average Bonchev–Trinajstić information content (AvgIpc) is 3.90. The first-order valence-electron chi connectivity index (χ1n) is 22.8. The molecule has 0 aliphatic carbocycles. The molecule has 0 bridgehead atoms. The number of fused-ring (bicyclic) bond motifs is 6. The second-order valence-electron chi connectivity index (χ2n) is 17.5. The van der Waals surface area contributed by atoms with E-state index in [0.29, 0.717) is 33.2 Å². The molecule has 12 rings (SSSR count). The van der Waals surface area contributed by atoms with Gasteiger partial charge in [-0.1, -0.05) is 182 Å². The van der Waals surface area contributed by atoms with Gasteiger partial charge < -0.3 is 9.13 Å². The Morgan fingerprint density at radius 1 is 0.229 bits per heavy atom. The quantitative estimate of drug-likeness (QED) is 0.141. The predicted molar refractivity (Wildman–Crippen MR) is 272 cm³/mol. The Morgan fingerprint density at radius 2 is 0.457 bits per heavy atom. The second-order valence-corrected chi connectivity index (χ2v) is 17.5. The molecule has 0 radical (unpaired) electrons. The molecule has 2 heterocycles. The third kappa shape index (κ3) is 7.40. The van der Waals surface area contributed by atoms with Crippen LogP contribution in [0.1, 0.15) is 11.1 Å². The molecule has 0 fully saturated rings. The van der Waals surface area contributed by atoms with E-state index in [1.807, 2.05) is 194 Å². The van der Waals surface area contributed by atoms with E-state index >= 15 is 26.3 Å². The molecule has 0 aliphatic rings. The van der Waals surface area contributed by atoms with Crippen LogP contribution in [0.3, 0.4) is 0 Å². The first-order valence-corrected chi connectivity index (χ1v) is 22.8. The minimum absolute atomic E-state index is 0.154. The molecule has 2 nitrogen and oxygen atoms in total. The van der Waals surface area contributed by atoms with E-state index in [1.165, 1.54) is 24.3 Å². The summed E-state index contributed by atoms with van der Waals surface area (Å²) in [5.41, 5.74) is 7.55. The zero-order valence-corrected chi connectivity index (χ0v) is 37.1. The predicted octanol–water partition coefficient (Wildman–Crippen LogP) is 18.3. The normalized spacial score (nSPS) is 12.1. The molecular formula is C62H38F6N2. The van der Waals surface area contributed by atoms with Crippen molar-refractivity contribution < 1.29 is 26.3 Å². The van der Waals surface area contributed by atoms with Crippen molar-refractivity contribution in [2.24, 2.45) is 0 Å². The van der Waals surface area contributed by atoms with Crippen LogP contribution in [0.15, 0.2) is 231 Å². The van der Waals surface area contributed by atoms with E-state index in [0.717, 1.165) is 78.2 Å². The van der Waals surface area contributed by atoms with Crippen LogP contribution < -0.4 is 0 Å². The molecule has 0 spiro atoms. The molecule has 0 amide bonds. The number of hydrogen-bond acceptors (Lipinski definition) is 0. The first-order chi connectivity index (χ1) is 34.0. The van der Waals surface area contributed by atoms with Crippen LogP contribution in [-0.4, -0.2) is 9.13 Å². The van der Waals surface area contributed by atoms with Gasteiger partial charge in [-0.05, 0) is 104 Å². The van der Waals surface area contributed by atoms with Crippen molar-refractivity contribution in [3.8, 4) is 67.0 Å². The van der Waals surface area contributed by atoms with Crippen molar-refractivity contribution in [2.45, 2.75) is 12.4 Å². The highest BCUT2D eigenvalue weighted by molar-refractivity contribution is 6.12. The molecule has 0 unspecified atom stereocenters. The Labute approximate surface area is 398 Å². The van der Waals surface area contributed by atoms with Crippen LogP contribution in [0, 0.1) is 0 Å². The lowest BCUT2D eigenvalue weighted by molar-refractivity contribution is -0.138. The number of alkyl halides is 6. The Hall–Kier alpha value is -8.62. The topological polar surface area (TPSA) is 9.86 Å². The molecule has 10 aromatic carbocycles. The minimum Gasteiger partial charge on any atom is -0.309 e. The van der Waals surface area contributed by atoms with Crippen LogP contribution in [0.25, 0.3) is 111 Å². The number of rotatable bonds is 7. The van der Waals surface area contributed by atoms with Gasteiger partial charge in [0.05, 0.1) is 44.6 Å². The smallest absolute Gasteiger partial charge is 0.309 e. The summed E-state index contributed by atoms with van der Waals surface area (Å²) in [5, 5.41) is 3.00. The molecule has 338 valence electrons. The van der Waals surface area contributed by atoms with Crippen LogP contribution in [0.5, 0.6) is 0 Å². The largest absolute Gasteiger partial charge is 0.418 e. The maximum absolute atomic E-state index is 15.6. The fraction of sp³-hybridized carbons (Fsp3) is 0.0323. The van der Waals surface area contributed by atoms with Gasteiger partial charge in [-0.3, -0.25) is 0 Å². The van der Waals surface area contributed by atoms with Crippen LogP contribution in [-0.2, 0) is 12.4 Å². The zero-order chi connectivity index (χ0) is 47.7. The van der Waals surface area contributed by atoms with E-state index in [1.54, 1.807) is 9.13 Å². The zero-order valence-electron chi connectivity index (χ0n) is 37.1. The van der Waals surface area contributed by atoms with Crippen molar-refractivity contribution in [1.29, 1.82) is 0 Å². The lowest BCUT2D eigenvalue weighted by atomic mass is 9.98. The van der Waals surface area contributed by atoms with Crippen molar-refractivity contribution in [3.63, 3.8) is 0 Å². The summed E-state index contributed by atoms with van der Waals surface area (Å²) in [6.07, 6.45) is -9.60. The highest BCUT2D eigenvalue weighted by Gasteiger charge is 2.37. The van der Waals surface area contributed by atoms with E-state index in [9.17, 15) is 0 Å². The second kappa shape index (κ2) is 16.6. The highest BCUT2D eigenvalue weighted by atomic mass is 19.4. The van der Waals surface area contributed by atoms with E-state index in [4.69, 9.17) is 0 Å². The lowest BCUT2D eigenvalue weighted by Crippen LogP contribution is -2.12. The van der Waals surface area contributed by atoms with Gasteiger partial charge in [-0.2, -0.15) is 26.3 Å². The SMILES string of the molecule is FC(F)(F)c1ccc(-c2ccc(C(F)(F)F)c(-n3c4cc(-c5ccccc5)ccc4c4ccc(-c5ccccc5)cc43)c2)cc1-n1c2cc(-c3ccccc3)ccc2c2ccc(-c3ccccc3)cc21. The highest BCUT2D eigenvalue weighted by Crippen LogP contribution is 2.46. The fourth-order valence-corrected chi connectivity index (χ4v) is 10.1. The standard InChI is InChI=1S/C62H38F6N2/c63-61(64,65)53-31-25-47(37-59(53)69-55-33-43(39-13-5-1-6-14-39)21-27-49(55)50-28-22-44(34-56(50)69)40-15-7-2-8-16-40)48-26-32-54(62(66,67)68)60(38-48)70-57-35-45(41-17-9-3-10-18-41)23-29-51(57)52-30-24-46(36-58(52)70)42-19-11-4-12-20-42/h1-38H. The van der Waals surface area contributed by atoms with E-state index < -0.39 is 23.5 Å². The number of aromatic nitrogens is 2. The number of benzene rings is 10. The Morgan fingerprint density at radius 3 is 0.700 bits per heavy atom. The molecule has 0 N–H and O–H groups in total. The van der Waals surface area contributed by atoms with Gasteiger partial charge in [0.25, 0.3) is 0 Å².